The van der Waals surface area contributed by atoms with Gasteiger partial charge in [-0.1, -0.05) is 30.0 Å². The molecule has 3 rings (SSSR count). The molecule has 7 heteroatoms. The number of thioether (sulfide) groups is 1. The smallest absolute Gasteiger partial charge is 0.229 e. The summed E-state index contributed by atoms with van der Waals surface area (Å²) in [4.78, 5) is 0. The van der Waals surface area contributed by atoms with Crippen molar-refractivity contribution in [2.75, 3.05) is 0 Å². The van der Waals surface area contributed by atoms with E-state index < -0.39 is 0 Å². The number of aryl methyl sites for hydroxylation is 3. The van der Waals surface area contributed by atoms with E-state index in [0.29, 0.717) is 11.8 Å². The summed E-state index contributed by atoms with van der Waals surface area (Å²) >= 11 is 1.55. The van der Waals surface area contributed by atoms with E-state index in [4.69, 9.17) is 4.42 Å². The first-order valence-corrected chi connectivity index (χ1v) is 7.89. The topological polar surface area (TPSA) is 69.6 Å². The fraction of sp³-hybridized carbons (Fsp3) is 0.333. The van der Waals surface area contributed by atoms with Crippen molar-refractivity contribution in [1.82, 2.24) is 25.0 Å². The van der Waals surface area contributed by atoms with Crippen molar-refractivity contribution in [3.05, 3.63) is 47.4 Å². The Morgan fingerprint density at radius 1 is 1.05 bits per heavy atom. The molecule has 1 aromatic carbocycles. The summed E-state index contributed by atoms with van der Waals surface area (Å²) in [5.74, 6) is 2.02. The average Bonchev–Trinajstić information content (AvgIpc) is 3.07. The van der Waals surface area contributed by atoms with Gasteiger partial charge in [-0.15, -0.1) is 20.4 Å². The van der Waals surface area contributed by atoms with Gasteiger partial charge in [0.25, 0.3) is 0 Å². The minimum Gasteiger partial charge on any atom is -0.424 e. The molecule has 114 valence electrons. The van der Waals surface area contributed by atoms with Crippen molar-refractivity contribution in [2.24, 2.45) is 0 Å². The summed E-state index contributed by atoms with van der Waals surface area (Å²) in [6.45, 7) is 7.83. The van der Waals surface area contributed by atoms with Gasteiger partial charge in [-0.2, -0.15) is 0 Å². The van der Waals surface area contributed by atoms with Gasteiger partial charge in [-0.3, -0.25) is 4.57 Å². The Kier molecular flexibility index (Phi) is 3.98. The molecule has 1 unspecified atom stereocenters. The van der Waals surface area contributed by atoms with Crippen molar-refractivity contribution in [2.45, 2.75) is 38.1 Å². The summed E-state index contributed by atoms with van der Waals surface area (Å²) < 4.78 is 7.55. The Labute approximate surface area is 133 Å². The van der Waals surface area contributed by atoms with E-state index in [1.54, 1.807) is 18.7 Å². The van der Waals surface area contributed by atoms with Gasteiger partial charge >= 0.3 is 0 Å². The Hall–Kier alpha value is -2.15. The molecule has 6 nitrogen and oxygen atoms in total. The zero-order chi connectivity index (χ0) is 15.7. The number of rotatable bonds is 4. The van der Waals surface area contributed by atoms with Crippen LogP contribution in [0.3, 0.4) is 0 Å². The molecule has 3 aromatic rings. The van der Waals surface area contributed by atoms with Crippen molar-refractivity contribution < 1.29 is 4.42 Å². The second-order valence-electron chi connectivity index (χ2n) is 5.07. The van der Waals surface area contributed by atoms with Crippen LogP contribution in [0.2, 0.25) is 0 Å². The maximum atomic E-state index is 5.49. The van der Waals surface area contributed by atoms with Gasteiger partial charge in [0, 0.05) is 6.92 Å². The van der Waals surface area contributed by atoms with Crippen LogP contribution in [0.4, 0.5) is 0 Å². The molecule has 0 amide bonds. The Morgan fingerprint density at radius 3 is 2.50 bits per heavy atom. The molecule has 0 aliphatic rings. The quantitative estimate of drug-likeness (QED) is 0.687. The maximum Gasteiger partial charge on any atom is 0.229 e. The SMILES string of the molecule is Cc1nnc(C(C)Sc2nnc(C)n2-c2ccccc2C)o1. The van der Waals surface area contributed by atoms with Gasteiger partial charge in [0.2, 0.25) is 11.8 Å². The molecule has 1 atom stereocenters. The molecule has 0 N–H and O–H groups in total. The Balaban J connectivity index is 1.94. The van der Waals surface area contributed by atoms with Gasteiger partial charge in [-0.25, -0.2) is 0 Å². The molecule has 0 radical (unpaired) electrons. The van der Waals surface area contributed by atoms with Crippen LogP contribution >= 0.6 is 11.8 Å². The van der Waals surface area contributed by atoms with Gasteiger partial charge < -0.3 is 4.42 Å². The second-order valence-corrected chi connectivity index (χ2v) is 6.38. The fourth-order valence-electron chi connectivity index (χ4n) is 2.20. The highest BCUT2D eigenvalue weighted by molar-refractivity contribution is 7.99. The van der Waals surface area contributed by atoms with Crippen LogP contribution in [-0.4, -0.2) is 25.0 Å². The van der Waals surface area contributed by atoms with Gasteiger partial charge in [-0.05, 0) is 32.4 Å². The molecule has 0 saturated heterocycles. The first kappa shape index (κ1) is 14.8. The number of aromatic nitrogens is 5. The standard InChI is InChI=1S/C15H17N5OS/c1-9-7-5-6-8-13(9)20-11(3)16-19-15(20)22-10(2)14-18-17-12(4)21-14/h5-8,10H,1-4H3. The second kappa shape index (κ2) is 5.92. The molecule has 2 aromatic heterocycles. The van der Waals surface area contributed by atoms with Gasteiger partial charge in [0.05, 0.1) is 10.9 Å². The van der Waals surface area contributed by atoms with Crippen LogP contribution in [0.1, 0.15) is 35.3 Å². The molecular weight excluding hydrogens is 298 g/mol. The normalized spacial score (nSPS) is 12.5. The van der Waals surface area contributed by atoms with Crippen molar-refractivity contribution >= 4 is 11.8 Å². The summed E-state index contributed by atoms with van der Waals surface area (Å²) in [5.41, 5.74) is 2.26. The molecule has 22 heavy (non-hydrogen) atoms. The number of benzene rings is 1. The minimum atomic E-state index is 0.00701. The molecule has 0 bridgehead atoms. The van der Waals surface area contributed by atoms with E-state index in [1.807, 2.05) is 26.0 Å². The van der Waals surface area contributed by atoms with Crippen LogP contribution < -0.4 is 0 Å². The van der Waals surface area contributed by atoms with E-state index in [1.165, 1.54) is 5.56 Å². The van der Waals surface area contributed by atoms with Crippen LogP contribution in [-0.2, 0) is 0 Å². The lowest BCUT2D eigenvalue weighted by molar-refractivity contribution is 0.470. The zero-order valence-corrected chi connectivity index (χ0v) is 13.8. The van der Waals surface area contributed by atoms with E-state index in [2.05, 4.69) is 44.0 Å². The molecule has 0 saturated carbocycles. The molecule has 0 aliphatic carbocycles. The van der Waals surface area contributed by atoms with E-state index in [-0.39, 0.29) is 5.25 Å². The minimum absolute atomic E-state index is 0.00701. The lowest BCUT2D eigenvalue weighted by atomic mass is 10.2. The fourth-order valence-corrected chi connectivity index (χ4v) is 3.13. The van der Waals surface area contributed by atoms with Gasteiger partial charge in [0.15, 0.2) is 5.16 Å². The predicted octanol–water partition coefficient (Wildman–Crippen LogP) is 3.43. The molecular formula is C15H17N5OS. The van der Waals surface area contributed by atoms with Crippen LogP contribution in [0.15, 0.2) is 33.8 Å². The molecule has 0 spiro atoms. The van der Waals surface area contributed by atoms with Crippen LogP contribution in [0.25, 0.3) is 5.69 Å². The summed E-state index contributed by atoms with van der Waals surface area (Å²) in [7, 11) is 0. The summed E-state index contributed by atoms with van der Waals surface area (Å²) in [6.07, 6.45) is 0. The first-order valence-electron chi connectivity index (χ1n) is 7.01. The summed E-state index contributed by atoms with van der Waals surface area (Å²) in [5, 5.41) is 17.3. The number of hydrogen-bond acceptors (Lipinski definition) is 6. The highest BCUT2D eigenvalue weighted by Gasteiger charge is 2.20. The van der Waals surface area contributed by atoms with E-state index >= 15 is 0 Å². The van der Waals surface area contributed by atoms with Crippen LogP contribution in [0, 0.1) is 20.8 Å². The van der Waals surface area contributed by atoms with Crippen molar-refractivity contribution in [1.29, 1.82) is 0 Å². The lowest BCUT2D eigenvalue weighted by Crippen LogP contribution is -2.02. The van der Waals surface area contributed by atoms with Crippen molar-refractivity contribution in [3.63, 3.8) is 0 Å². The molecule has 2 heterocycles. The highest BCUT2D eigenvalue weighted by Crippen LogP contribution is 2.34. The molecule has 0 fully saturated rings. The third-order valence-electron chi connectivity index (χ3n) is 3.32. The van der Waals surface area contributed by atoms with Crippen LogP contribution in [0.5, 0.6) is 0 Å². The average molecular weight is 315 g/mol. The van der Waals surface area contributed by atoms with Crippen molar-refractivity contribution in [3.8, 4) is 5.69 Å². The van der Waals surface area contributed by atoms with Gasteiger partial charge in [0.1, 0.15) is 5.82 Å². The predicted molar refractivity (Wildman–Crippen MR) is 84.1 cm³/mol. The molecule has 0 aliphatic heterocycles. The largest absolute Gasteiger partial charge is 0.424 e. The number of hydrogen-bond donors (Lipinski definition) is 0. The Morgan fingerprint density at radius 2 is 1.82 bits per heavy atom. The monoisotopic (exact) mass is 315 g/mol. The Bertz CT molecular complexity index is 795. The third-order valence-corrected chi connectivity index (χ3v) is 4.35. The maximum absolute atomic E-state index is 5.49. The highest BCUT2D eigenvalue weighted by atomic mass is 32.2. The first-order chi connectivity index (χ1) is 10.6. The summed E-state index contributed by atoms with van der Waals surface area (Å²) in [6, 6.07) is 8.18. The zero-order valence-electron chi connectivity index (χ0n) is 12.9. The lowest BCUT2D eigenvalue weighted by Gasteiger charge is -2.12. The van der Waals surface area contributed by atoms with E-state index in [9.17, 15) is 0 Å². The number of nitrogens with zero attached hydrogens (tertiary/aromatic N) is 5. The van der Waals surface area contributed by atoms with E-state index in [0.717, 1.165) is 16.7 Å². The number of para-hydroxylation sites is 1. The third kappa shape index (κ3) is 2.76.